The Bertz CT molecular complexity index is 962. The maximum Gasteiger partial charge on any atom is 0.244 e. The van der Waals surface area contributed by atoms with Crippen molar-refractivity contribution in [3.05, 3.63) is 67.8 Å². The van der Waals surface area contributed by atoms with E-state index in [9.17, 15) is 30.4 Å². The summed E-state index contributed by atoms with van der Waals surface area (Å²) in [4.78, 5) is 23.2. The van der Waals surface area contributed by atoms with E-state index in [1.54, 1.807) is 12.1 Å². The van der Waals surface area contributed by atoms with Crippen LogP contribution in [0.15, 0.2) is 36.4 Å². The largest absolute Gasteiger partial charge is 0.504 e. The smallest absolute Gasteiger partial charge is 0.244 e. The molecule has 0 saturated carbocycles. The highest BCUT2D eigenvalue weighted by Gasteiger charge is 2.63. The molecule has 3 N–H and O–H groups in total. The molecule has 0 bridgehead atoms. The molecule has 2 aromatic rings. The van der Waals surface area contributed by atoms with Gasteiger partial charge in [-0.3, -0.25) is 25.5 Å². The van der Waals surface area contributed by atoms with E-state index in [1.165, 1.54) is 52.3 Å². The van der Waals surface area contributed by atoms with Gasteiger partial charge >= 0.3 is 0 Å². The number of benzene rings is 2. The number of ether oxygens (including phenoxy) is 2. The lowest BCUT2D eigenvalue weighted by atomic mass is 9.66. The minimum atomic E-state index is -1.49. The van der Waals surface area contributed by atoms with Crippen LogP contribution in [0.3, 0.4) is 0 Å². The molecule has 172 valence electrons. The lowest BCUT2D eigenvalue weighted by Gasteiger charge is -2.44. The van der Waals surface area contributed by atoms with Crippen molar-refractivity contribution in [2.75, 3.05) is 14.2 Å². The molecular formula is C21H25N3O8. The van der Waals surface area contributed by atoms with Gasteiger partial charge in [-0.25, -0.2) is 0 Å². The lowest BCUT2D eigenvalue weighted by Crippen LogP contribution is -2.63. The van der Waals surface area contributed by atoms with Gasteiger partial charge in [0.25, 0.3) is 0 Å². The number of phenols is 2. The van der Waals surface area contributed by atoms with E-state index >= 15 is 0 Å². The molecule has 0 unspecified atom stereocenters. The second-order valence-electron chi connectivity index (χ2n) is 8.20. The molecule has 32 heavy (non-hydrogen) atoms. The normalized spacial score (nSPS) is 24.5. The number of nitrogens with one attached hydrogen (secondary N) is 1. The molecule has 4 atom stereocenters. The van der Waals surface area contributed by atoms with Gasteiger partial charge in [-0.05, 0) is 26.0 Å². The van der Waals surface area contributed by atoms with Gasteiger partial charge in [-0.2, -0.15) is 0 Å². The van der Waals surface area contributed by atoms with E-state index in [2.05, 4.69) is 5.32 Å². The maximum atomic E-state index is 12.2. The molecule has 11 heteroatoms. The number of nitro groups is 2. The SMILES string of the molecule is COc1cccc([C@H]2N[C@H](c3cccc(OC)c3O)[C@@H]([N+](=O)[O-])C(C)(C)[C@H]2[N+](=O)[O-])c1O. The Morgan fingerprint density at radius 3 is 1.53 bits per heavy atom. The number of methoxy groups -OCH3 is 2. The molecule has 0 spiro atoms. The summed E-state index contributed by atoms with van der Waals surface area (Å²) in [6.07, 6.45) is 0. The summed E-state index contributed by atoms with van der Waals surface area (Å²) in [7, 11) is 2.70. The van der Waals surface area contributed by atoms with Crippen molar-refractivity contribution in [2.45, 2.75) is 38.0 Å². The molecule has 0 aliphatic carbocycles. The molecule has 0 aromatic heterocycles. The summed E-state index contributed by atoms with van der Waals surface area (Å²) in [5, 5.41) is 48.7. The predicted octanol–water partition coefficient (Wildman–Crippen LogP) is 2.82. The zero-order valence-electron chi connectivity index (χ0n) is 18.0. The van der Waals surface area contributed by atoms with Gasteiger partial charge in [0, 0.05) is 21.0 Å². The maximum absolute atomic E-state index is 12.2. The monoisotopic (exact) mass is 447 g/mol. The summed E-state index contributed by atoms with van der Waals surface area (Å²) in [6, 6.07) is 3.93. The number of nitrogens with zero attached hydrogens (tertiary/aromatic N) is 2. The van der Waals surface area contributed by atoms with Crippen LogP contribution in [-0.2, 0) is 0 Å². The highest BCUT2D eigenvalue weighted by Crippen LogP contribution is 2.50. The van der Waals surface area contributed by atoms with E-state index in [4.69, 9.17) is 9.47 Å². The average Bonchev–Trinajstić information content (AvgIpc) is 2.72. The average molecular weight is 447 g/mol. The van der Waals surface area contributed by atoms with Crippen molar-refractivity contribution in [3.8, 4) is 23.0 Å². The van der Waals surface area contributed by atoms with Gasteiger partial charge < -0.3 is 19.7 Å². The third kappa shape index (κ3) is 3.64. The lowest BCUT2D eigenvalue weighted by molar-refractivity contribution is -0.605. The Hall–Kier alpha value is -3.60. The number of phenolic OH excluding ortho intramolecular Hbond substituents is 2. The third-order valence-corrected chi connectivity index (χ3v) is 6.14. The van der Waals surface area contributed by atoms with Crippen LogP contribution in [-0.4, -0.2) is 46.4 Å². The van der Waals surface area contributed by atoms with Gasteiger partial charge in [0.05, 0.1) is 14.2 Å². The van der Waals surface area contributed by atoms with Crippen molar-refractivity contribution in [2.24, 2.45) is 5.41 Å². The minimum absolute atomic E-state index is 0.112. The number of piperidine rings is 1. The summed E-state index contributed by atoms with van der Waals surface area (Å²) < 4.78 is 10.3. The van der Waals surface area contributed by atoms with Crippen LogP contribution in [0, 0.1) is 25.6 Å². The topological polar surface area (TPSA) is 157 Å². The first-order chi connectivity index (χ1) is 15.1. The quantitative estimate of drug-likeness (QED) is 0.447. The van der Waals surface area contributed by atoms with Gasteiger partial charge in [-0.1, -0.05) is 24.3 Å². The number of aromatic hydroxyl groups is 2. The number of para-hydroxylation sites is 2. The summed E-state index contributed by atoms with van der Waals surface area (Å²) in [5.41, 5.74) is -1.17. The first-order valence-electron chi connectivity index (χ1n) is 9.81. The van der Waals surface area contributed by atoms with Gasteiger partial charge in [-0.15, -0.1) is 0 Å². The Balaban J connectivity index is 2.25. The summed E-state index contributed by atoms with van der Waals surface area (Å²) in [6.45, 7) is 2.90. The van der Waals surface area contributed by atoms with Crippen molar-refractivity contribution in [3.63, 3.8) is 0 Å². The van der Waals surface area contributed by atoms with Gasteiger partial charge in [0.2, 0.25) is 12.1 Å². The van der Waals surface area contributed by atoms with Crippen LogP contribution >= 0.6 is 0 Å². The van der Waals surface area contributed by atoms with Crippen LogP contribution < -0.4 is 14.8 Å². The Morgan fingerprint density at radius 2 is 1.22 bits per heavy atom. The number of hydrogen-bond acceptors (Lipinski definition) is 9. The Kier molecular flexibility index (Phi) is 6.13. The molecule has 11 nitrogen and oxygen atoms in total. The highest BCUT2D eigenvalue weighted by molar-refractivity contribution is 5.50. The van der Waals surface area contributed by atoms with Crippen molar-refractivity contribution in [1.29, 1.82) is 0 Å². The molecule has 1 aliphatic rings. The van der Waals surface area contributed by atoms with Gasteiger partial charge in [0.15, 0.2) is 23.0 Å². The molecule has 0 radical (unpaired) electrons. The zero-order valence-corrected chi connectivity index (χ0v) is 18.0. The molecule has 1 aliphatic heterocycles. The fourth-order valence-electron chi connectivity index (χ4n) is 4.63. The summed E-state index contributed by atoms with van der Waals surface area (Å²) >= 11 is 0. The van der Waals surface area contributed by atoms with Crippen LogP contribution in [0.5, 0.6) is 23.0 Å². The standard InChI is InChI=1S/C21H25N3O8/c1-21(2)19(23(27)28)15(11-7-5-9-13(31-3)17(11)25)22-16(20(21)24(29)30)12-8-6-10-14(32-4)18(12)26/h5-10,15-16,19-20,22,25-26H,1-4H3/t15-,16-,19-,20+/m1/s1. The molecule has 2 aromatic carbocycles. The molecule has 1 saturated heterocycles. The van der Waals surface area contributed by atoms with E-state index in [0.717, 1.165) is 0 Å². The second kappa shape index (κ2) is 8.50. The van der Waals surface area contributed by atoms with Crippen molar-refractivity contribution in [1.82, 2.24) is 5.32 Å². The van der Waals surface area contributed by atoms with Crippen LogP contribution in [0.4, 0.5) is 0 Å². The minimum Gasteiger partial charge on any atom is -0.504 e. The van der Waals surface area contributed by atoms with E-state index in [-0.39, 0.29) is 34.1 Å². The Morgan fingerprint density at radius 1 is 0.844 bits per heavy atom. The van der Waals surface area contributed by atoms with Crippen molar-refractivity contribution < 1.29 is 29.5 Å². The molecular weight excluding hydrogens is 422 g/mol. The third-order valence-electron chi connectivity index (χ3n) is 6.14. The van der Waals surface area contributed by atoms with E-state index in [1.807, 2.05) is 0 Å². The van der Waals surface area contributed by atoms with Crippen LogP contribution in [0.2, 0.25) is 0 Å². The van der Waals surface area contributed by atoms with E-state index in [0.29, 0.717) is 0 Å². The van der Waals surface area contributed by atoms with E-state index < -0.39 is 39.4 Å². The fourth-order valence-corrected chi connectivity index (χ4v) is 4.63. The number of rotatable bonds is 6. The number of hydrogen-bond donors (Lipinski definition) is 3. The van der Waals surface area contributed by atoms with Crippen molar-refractivity contribution >= 4 is 0 Å². The van der Waals surface area contributed by atoms with Crippen LogP contribution in [0.1, 0.15) is 37.1 Å². The molecule has 1 fully saturated rings. The van der Waals surface area contributed by atoms with Crippen LogP contribution in [0.25, 0.3) is 0 Å². The first-order valence-corrected chi connectivity index (χ1v) is 9.81. The van der Waals surface area contributed by atoms with Gasteiger partial charge in [0.1, 0.15) is 17.5 Å². The molecule has 0 amide bonds. The zero-order chi connectivity index (χ0) is 23.8. The first kappa shape index (κ1) is 23.1. The highest BCUT2D eigenvalue weighted by atomic mass is 16.6. The fraction of sp³-hybridized carbons (Fsp3) is 0.429. The second-order valence-corrected chi connectivity index (χ2v) is 8.20. The molecule has 3 rings (SSSR count). The summed E-state index contributed by atoms with van der Waals surface area (Å²) in [5.74, 6) is -0.380. The molecule has 1 heterocycles. The Labute approximate surface area is 183 Å². The predicted molar refractivity (Wildman–Crippen MR) is 113 cm³/mol.